The number of carboxylic acids is 1. The van der Waals surface area contributed by atoms with E-state index in [1.165, 1.54) is 0 Å². The lowest BCUT2D eigenvalue weighted by Gasteiger charge is -2.36. The van der Waals surface area contributed by atoms with E-state index in [9.17, 15) is 14.7 Å². The predicted molar refractivity (Wildman–Crippen MR) is 87.2 cm³/mol. The third-order valence-corrected chi connectivity index (χ3v) is 4.82. The molecule has 0 bridgehead atoms. The summed E-state index contributed by atoms with van der Waals surface area (Å²) in [7, 11) is 0. The first-order valence-electron chi connectivity index (χ1n) is 8.69. The van der Waals surface area contributed by atoms with Crippen LogP contribution in [0.15, 0.2) is 0 Å². The van der Waals surface area contributed by atoms with Gasteiger partial charge in [0.25, 0.3) is 0 Å². The molecular weight excluding hydrogens is 296 g/mol. The molecule has 132 valence electrons. The summed E-state index contributed by atoms with van der Waals surface area (Å²) in [4.78, 5) is 26.5. The van der Waals surface area contributed by atoms with Crippen molar-refractivity contribution in [1.82, 2.24) is 10.2 Å². The highest BCUT2D eigenvalue weighted by atomic mass is 16.6. The van der Waals surface area contributed by atoms with Gasteiger partial charge in [-0.05, 0) is 52.5 Å². The van der Waals surface area contributed by atoms with Crippen molar-refractivity contribution in [2.75, 3.05) is 13.1 Å². The number of rotatable bonds is 5. The largest absolute Gasteiger partial charge is 0.480 e. The molecule has 23 heavy (non-hydrogen) atoms. The second-order valence-corrected chi connectivity index (χ2v) is 7.66. The average molecular weight is 326 g/mol. The number of hydrogen-bond donors (Lipinski definition) is 2. The summed E-state index contributed by atoms with van der Waals surface area (Å²) < 4.78 is 5.61. The summed E-state index contributed by atoms with van der Waals surface area (Å²) >= 11 is 0. The standard InChI is InChI=1S/C17H30N2O4/c1-5-11-8-10-19(13(11)15(20)21)14(12-7-6-9-18-12)16(22)23-17(2,3)4/h11-14,18H,5-10H2,1-4H3,(H,20,21)/t11-,12-,13?,14?/m0/s1. The Morgan fingerprint density at radius 2 is 2.04 bits per heavy atom. The summed E-state index contributed by atoms with van der Waals surface area (Å²) in [6.45, 7) is 9.05. The number of carbonyl (C=O) groups is 2. The van der Waals surface area contributed by atoms with Crippen molar-refractivity contribution < 1.29 is 19.4 Å². The zero-order valence-electron chi connectivity index (χ0n) is 14.7. The van der Waals surface area contributed by atoms with E-state index >= 15 is 0 Å². The highest BCUT2D eigenvalue weighted by Crippen LogP contribution is 2.32. The molecular formula is C17H30N2O4. The van der Waals surface area contributed by atoms with E-state index in [0.29, 0.717) is 6.54 Å². The molecule has 0 aromatic rings. The monoisotopic (exact) mass is 326 g/mol. The number of esters is 1. The SMILES string of the molecule is CC[C@H]1CCN(C(C(=O)OC(C)(C)C)[C@@H]2CCCN2)C1C(=O)O. The first-order valence-corrected chi connectivity index (χ1v) is 8.69. The smallest absolute Gasteiger partial charge is 0.325 e. The van der Waals surface area contributed by atoms with Gasteiger partial charge in [-0.1, -0.05) is 13.3 Å². The zero-order chi connectivity index (χ0) is 17.2. The van der Waals surface area contributed by atoms with E-state index < -0.39 is 23.7 Å². The lowest BCUT2D eigenvalue weighted by atomic mass is 9.96. The number of aliphatic carboxylic acids is 1. The van der Waals surface area contributed by atoms with Crippen LogP contribution in [0.5, 0.6) is 0 Å². The molecule has 2 aliphatic heterocycles. The number of nitrogens with zero attached hydrogens (tertiary/aromatic N) is 1. The van der Waals surface area contributed by atoms with Crippen LogP contribution in [0, 0.1) is 5.92 Å². The van der Waals surface area contributed by atoms with Crippen molar-refractivity contribution in [3.05, 3.63) is 0 Å². The van der Waals surface area contributed by atoms with Gasteiger partial charge in [0.05, 0.1) is 0 Å². The van der Waals surface area contributed by atoms with Gasteiger partial charge in [-0.2, -0.15) is 0 Å². The highest BCUT2D eigenvalue weighted by Gasteiger charge is 2.48. The van der Waals surface area contributed by atoms with Gasteiger partial charge in [0.15, 0.2) is 0 Å². The highest BCUT2D eigenvalue weighted by molar-refractivity contribution is 5.80. The predicted octanol–water partition coefficient (Wildman–Crippen LogP) is 1.63. The van der Waals surface area contributed by atoms with Gasteiger partial charge in [0, 0.05) is 12.6 Å². The molecule has 2 N–H and O–H groups in total. The minimum absolute atomic E-state index is 0.0256. The van der Waals surface area contributed by atoms with Crippen molar-refractivity contribution >= 4 is 11.9 Å². The molecule has 0 aliphatic carbocycles. The quantitative estimate of drug-likeness (QED) is 0.748. The lowest BCUT2D eigenvalue weighted by Crippen LogP contribution is -2.57. The van der Waals surface area contributed by atoms with Crippen LogP contribution in [0.4, 0.5) is 0 Å². The molecule has 0 aromatic heterocycles. The molecule has 2 fully saturated rings. The molecule has 6 nitrogen and oxygen atoms in total. The van der Waals surface area contributed by atoms with Gasteiger partial charge in [0.1, 0.15) is 17.7 Å². The van der Waals surface area contributed by atoms with E-state index in [-0.39, 0.29) is 17.9 Å². The summed E-state index contributed by atoms with van der Waals surface area (Å²) in [5, 5.41) is 13.0. The molecule has 0 saturated carbocycles. The van der Waals surface area contributed by atoms with Gasteiger partial charge in [-0.3, -0.25) is 14.5 Å². The molecule has 6 heteroatoms. The average Bonchev–Trinajstić information content (AvgIpc) is 3.06. The normalized spacial score (nSPS) is 30.3. The van der Waals surface area contributed by atoms with Gasteiger partial charge in [-0.25, -0.2) is 0 Å². The Kier molecular flexibility index (Phi) is 5.68. The number of carbonyl (C=O) groups excluding carboxylic acids is 1. The maximum atomic E-state index is 12.8. The maximum absolute atomic E-state index is 12.8. The van der Waals surface area contributed by atoms with Crippen molar-refractivity contribution in [3.8, 4) is 0 Å². The van der Waals surface area contributed by atoms with Gasteiger partial charge in [-0.15, -0.1) is 0 Å². The molecule has 0 amide bonds. The van der Waals surface area contributed by atoms with E-state index in [1.54, 1.807) is 0 Å². The maximum Gasteiger partial charge on any atom is 0.325 e. The molecule has 2 unspecified atom stereocenters. The summed E-state index contributed by atoms with van der Waals surface area (Å²) in [5.41, 5.74) is -0.573. The first-order chi connectivity index (χ1) is 10.7. The number of hydrogen-bond acceptors (Lipinski definition) is 5. The minimum atomic E-state index is -0.832. The Hall–Kier alpha value is -1.14. The van der Waals surface area contributed by atoms with Gasteiger partial charge in [0.2, 0.25) is 0 Å². The Morgan fingerprint density at radius 1 is 1.35 bits per heavy atom. The van der Waals surface area contributed by atoms with E-state index in [1.807, 2.05) is 32.6 Å². The third-order valence-electron chi connectivity index (χ3n) is 4.82. The van der Waals surface area contributed by atoms with E-state index in [4.69, 9.17) is 4.74 Å². The number of carboxylic acid groups (broad SMARTS) is 1. The second kappa shape index (κ2) is 7.18. The zero-order valence-corrected chi connectivity index (χ0v) is 14.7. The first kappa shape index (κ1) is 18.2. The van der Waals surface area contributed by atoms with Crippen LogP contribution < -0.4 is 5.32 Å². The molecule has 2 heterocycles. The molecule has 4 atom stereocenters. The topological polar surface area (TPSA) is 78.9 Å². The second-order valence-electron chi connectivity index (χ2n) is 7.66. The fourth-order valence-electron chi connectivity index (χ4n) is 3.84. The molecule has 2 aliphatic rings. The van der Waals surface area contributed by atoms with Crippen LogP contribution in [0.1, 0.15) is 53.4 Å². The van der Waals surface area contributed by atoms with E-state index in [2.05, 4.69) is 5.32 Å². The van der Waals surface area contributed by atoms with Crippen LogP contribution in [0.2, 0.25) is 0 Å². The number of ether oxygens (including phenoxy) is 1. The molecule has 0 aromatic carbocycles. The summed E-state index contributed by atoms with van der Waals surface area (Å²) in [6, 6.07) is -1.14. The van der Waals surface area contributed by atoms with Crippen molar-refractivity contribution in [1.29, 1.82) is 0 Å². The van der Waals surface area contributed by atoms with Crippen LogP contribution in [0.25, 0.3) is 0 Å². The summed E-state index contributed by atoms with van der Waals surface area (Å²) in [5.74, 6) is -1.04. The van der Waals surface area contributed by atoms with Crippen molar-refractivity contribution in [3.63, 3.8) is 0 Å². The van der Waals surface area contributed by atoms with Crippen molar-refractivity contribution in [2.24, 2.45) is 5.92 Å². The molecule has 2 rings (SSSR count). The fraction of sp³-hybridized carbons (Fsp3) is 0.882. The van der Waals surface area contributed by atoms with E-state index in [0.717, 1.165) is 32.2 Å². The summed E-state index contributed by atoms with van der Waals surface area (Å²) in [6.07, 6.45) is 3.52. The Balaban J connectivity index is 2.25. The Morgan fingerprint density at radius 3 is 2.52 bits per heavy atom. The van der Waals surface area contributed by atoms with Crippen LogP contribution in [-0.2, 0) is 14.3 Å². The number of nitrogens with one attached hydrogen (secondary N) is 1. The molecule has 2 saturated heterocycles. The van der Waals surface area contributed by atoms with Crippen molar-refractivity contribution in [2.45, 2.75) is 77.1 Å². The van der Waals surface area contributed by atoms with Crippen LogP contribution in [0.3, 0.4) is 0 Å². The number of likely N-dealkylation sites (tertiary alicyclic amines) is 1. The van der Waals surface area contributed by atoms with Gasteiger partial charge < -0.3 is 15.2 Å². The fourth-order valence-corrected chi connectivity index (χ4v) is 3.84. The Bertz CT molecular complexity index is 440. The lowest BCUT2D eigenvalue weighted by molar-refractivity contribution is -0.164. The van der Waals surface area contributed by atoms with Crippen LogP contribution >= 0.6 is 0 Å². The third kappa shape index (κ3) is 4.23. The van der Waals surface area contributed by atoms with Gasteiger partial charge >= 0.3 is 11.9 Å². The molecule has 0 radical (unpaired) electrons. The molecule has 0 spiro atoms. The van der Waals surface area contributed by atoms with Crippen LogP contribution in [-0.4, -0.2) is 58.8 Å². The minimum Gasteiger partial charge on any atom is -0.480 e. The Labute approximate surface area is 138 Å².